The number of nitrogens with one attached hydrogen (secondary N) is 1. The van der Waals surface area contributed by atoms with Crippen LogP contribution in [0.4, 0.5) is 0 Å². The fraction of sp³-hybridized carbons (Fsp3) is 0.857. The van der Waals surface area contributed by atoms with Gasteiger partial charge < -0.3 is 5.32 Å². The number of hydrogen-bond donors (Lipinski definition) is 1. The predicted octanol–water partition coefficient (Wildman–Crippen LogP) is 2.16. The van der Waals surface area contributed by atoms with E-state index in [2.05, 4.69) is 35.7 Å². The van der Waals surface area contributed by atoms with Gasteiger partial charge >= 0.3 is 0 Å². The van der Waals surface area contributed by atoms with Crippen LogP contribution in [-0.4, -0.2) is 28.1 Å². The van der Waals surface area contributed by atoms with Gasteiger partial charge in [-0.2, -0.15) is 0 Å². The first-order chi connectivity index (χ1) is 8.60. The highest BCUT2D eigenvalue weighted by Crippen LogP contribution is 2.40. The minimum atomic E-state index is 0.422. The van der Waals surface area contributed by atoms with E-state index in [0.717, 1.165) is 31.1 Å². The quantitative estimate of drug-likeness (QED) is 0.841. The van der Waals surface area contributed by atoms with Gasteiger partial charge in [-0.05, 0) is 37.1 Å². The lowest BCUT2D eigenvalue weighted by atomic mass is 9.81. The summed E-state index contributed by atoms with van der Waals surface area (Å²) in [6, 6.07) is 0. The lowest BCUT2D eigenvalue weighted by Crippen LogP contribution is -2.35. The third kappa shape index (κ3) is 3.55. The summed E-state index contributed by atoms with van der Waals surface area (Å²) in [6.45, 7) is 6.76. The first-order valence-electron chi connectivity index (χ1n) is 7.16. The summed E-state index contributed by atoms with van der Waals surface area (Å²) in [7, 11) is 1.94. The zero-order valence-electron chi connectivity index (χ0n) is 11.9. The molecule has 4 heteroatoms. The standard InChI is InChI=1S/C14H26N4/c1-12(2)9-15-11-14(6-4-5-7-14)8-13-10-18(3)17-16-13/h10,12,15H,4-9,11H2,1-3H3. The summed E-state index contributed by atoms with van der Waals surface area (Å²) in [4.78, 5) is 0. The molecule has 0 aromatic carbocycles. The van der Waals surface area contributed by atoms with Gasteiger partial charge in [-0.25, -0.2) is 0 Å². The van der Waals surface area contributed by atoms with Crippen LogP contribution >= 0.6 is 0 Å². The predicted molar refractivity (Wildman–Crippen MR) is 73.3 cm³/mol. The molecule has 1 aliphatic carbocycles. The van der Waals surface area contributed by atoms with Gasteiger partial charge in [0.1, 0.15) is 0 Å². The van der Waals surface area contributed by atoms with E-state index >= 15 is 0 Å². The molecule has 1 aliphatic rings. The van der Waals surface area contributed by atoms with Crippen LogP contribution in [0.5, 0.6) is 0 Å². The number of rotatable bonds is 6. The van der Waals surface area contributed by atoms with Crippen LogP contribution < -0.4 is 5.32 Å². The van der Waals surface area contributed by atoms with Crippen LogP contribution in [0, 0.1) is 11.3 Å². The second kappa shape index (κ2) is 5.83. The van der Waals surface area contributed by atoms with Crippen molar-refractivity contribution in [3.8, 4) is 0 Å². The lowest BCUT2D eigenvalue weighted by Gasteiger charge is -2.29. The van der Waals surface area contributed by atoms with Gasteiger partial charge in [-0.15, -0.1) is 5.10 Å². The highest BCUT2D eigenvalue weighted by atomic mass is 15.4. The summed E-state index contributed by atoms with van der Waals surface area (Å²) < 4.78 is 1.81. The minimum absolute atomic E-state index is 0.422. The SMILES string of the molecule is CC(C)CNCC1(Cc2cn(C)nn2)CCCC1. The average molecular weight is 250 g/mol. The van der Waals surface area contributed by atoms with Gasteiger partial charge in [0.25, 0.3) is 0 Å². The molecule has 0 amide bonds. The normalized spacial score (nSPS) is 18.7. The molecule has 1 heterocycles. The Balaban J connectivity index is 1.93. The molecule has 0 radical (unpaired) electrons. The minimum Gasteiger partial charge on any atom is -0.316 e. The van der Waals surface area contributed by atoms with Gasteiger partial charge in [0.05, 0.1) is 5.69 Å². The van der Waals surface area contributed by atoms with Crippen LogP contribution in [0.25, 0.3) is 0 Å². The van der Waals surface area contributed by atoms with Crippen molar-refractivity contribution in [2.75, 3.05) is 13.1 Å². The van der Waals surface area contributed by atoms with E-state index in [0.29, 0.717) is 5.41 Å². The molecule has 1 N–H and O–H groups in total. The molecule has 0 atom stereocenters. The Morgan fingerprint density at radius 2 is 2.11 bits per heavy atom. The third-order valence-electron chi connectivity index (χ3n) is 3.92. The number of hydrogen-bond acceptors (Lipinski definition) is 3. The van der Waals surface area contributed by atoms with Crippen LogP contribution in [0.3, 0.4) is 0 Å². The lowest BCUT2D eigenvalue weighted by molar-refractivity contribution is 0.270. The first-order valence-corrected chi connectivity index (χ1v) is 7.16. The Hall–Kier alpha value is -0.900. The fourth-order valence-corrected chi connectivity index (χ4v) is 3.03. The fourth-order valence-electron chi connectivity index (χ4n) is 3.03. The zero-order valence-corrected chi connectivity index (χ0v) is 11.9. The molecule has 1 fully saturated rings. The summed E-state index contributed by atoms with van der Waals surface area (Å²) in [5.74, 6) is 0.722. The van der Waals surface area contributed by atoms with Crippen LogP contribution in [0.2, 0.25) is 0 Å². The molecular weight excluding hydrogens is 224 g/mol. The molecule has 0 aliphatic heterocycles. The zero-order chi connectivity index (χ0) is 13.0. The van der Waals surface area contributed by atoms with Crippen molar-refractivity contribution in [1.82, 2.24) is 20.3 Å². The van der Waals surface area contributed by atoms with E-state index in [1.165, 1.54) is 25.7 Å². The Morgan fingerprint density at radius 1 is 1.39 bits per heavy atom. The second-order valence-electron chi connectivity index (χ2n) is 6.29. The van der Waals surface area contributed by atoms with E-state index in [1.807, 2.05) is 7.05 Å². The molecule has 1 saturated carbocycles. The molecular formula is C14H26N4. The van der Waals surface area contributed by atoms with Gasteiger partial charge in [0.2, 0.25) is 0 Å². The first kappa shape index (κ1) is 13.5. The molecule has 1 aromatic rings. The average Bonchev–Trinajstić information content (AvgIpc) is 2.89. The molecule has 102 valence electrons. The smallest absolute Gasteiger partial charge is 0.0833 e. The maximum absolute atomic E-state index is 4.25. The summed E-state index contributed by atoms with van der Waals surface area (Å²) >= 11 is 0. The van der Waals surface area contributed by atoms with Crippen molar-refractivity contribution in [3.05, 3.63) is 11.9 Å². The summed E-state index contributed by atoms with van der Waals surface area (Å²) in [5.41, 5.74) is 1.57. The summed E-state index contributed by atoms with van der Waals surface area (Å²) in [5, 5.41) is 11.9. The summed E-state index contributed by atoms with van der Waals surface area (Å²) in [6.07, 6.45) is 8.52. The largest absolute Gasteiger partial charge is 0.316 e. The molecule has 0 unspecified atom stereocenters. The van der Waals surface area contributed by atoms with Crippen LogP contribution in [-0.2, 0) is 13.5 Å². The highest BCUT2D eigenvalue weighted by molar-refractivity contribution is 5.01. The monoisotopic (exact) mass is 250 g/mol. The van der Waals surface area contributed by atoms with Crippen molar-refractivity contribution in [2.45, 2.75) is 46.0 Å². The number of aromatic nitrogens is 3. The third-order valence-corrected chi connectivity index (χ3v) is 3.92. The van der Waals surface area contributed by atoms with Gasteiger partial charge in [-0.1, -0.05) is 31.9 Å². The molecule has 18 heavy (non-hydrogen) atoms. The number of aryl methyl sites for hydroxylation is 1. The van der Waals surface area contributed by atoms with Crippen molar-refractivity contribution < 1.29 is 0 Å². The Bertz CT molecular complexity index is 364. The highest BCUT2D eigenvalue weighted by Gasteiger charge is 2.34. The molecule has 0 saturated heterocycles. The van der Waals surface area contributed by atoms with Crippen molar-refractivity contribution >= 4 is 0 Å². The van der Waals surface area contributed by atoms with Gasteiger partial charge in [-0.3, -0.25) is 4.68 Å². The Kier molecular flexibility index (Phi) is 4.38. The van der Waals surface area contributed by atoms with Crippen LogP contribution in [0.1, 0.15) is 45.2 Å². The molecule has 1 aromatic heterocycles. The maximum atomic E-state index is 4.25. The van der Waals surface area contributed by atoms with E-state index < -0.39 is 0 Å². The van der Waals surface area contributed by atoms with E-state index in [1.54, 1.807) is 4.68 Å². The van der Waals surface area contributed by atoms with E-state index in [9.17, 15) is 0 Å². The van der Waals surface area contributed by atoms with Crippen LogP contribution in [0.15, 0.2) is 6.20 Å². The van der Waals surface area contributed by atoms with Crippen molar-refractivity contribution in [3.63, 3.8) is 0 Å². The second-order valence-corrected chi connectivity index (χ2v) is 6.29. The molecule has 0 spiro atoms. The molecule has 4 nitrogen and oxygen atoms in total. The van der Waals surface area contributed by atoms with Crippen molar-refractivity contribution in [1.29, 1.82) is 0 Å². The van der Waals surface area contributed by atoms with E-state index in [4.69, 9.17) is 0 Å². The van der Waals surface area contributed by atoms with Gasteiger partial charge in [0.15, 0.2) is 0 Å². The Labute approximate surface area is 110 Å². The Morgan fingerprint density at radius 3 is 2.67 bits per heavy atom. The van der Waals surface area contributed by atoms with Crippen molar-refractivity contribution in [2.24, 2.45) is 18.4 Å². The topological polar surface area (TPSA) is 42.7 Å². The molecule has 2 rings (SSSR count). The number of nitrogens with zero attached hydrogens (tertiary/aromatic N) is 3. The maximum Gasteiger partial charge on any atom is 0.0833 e. The molecule has 0 bridgehead atoms. The van der Waals surface area contributed by atoms with E-state index in [-0.39, 0.29) is 0 Å². The van der Waals surface area contributed by atoms with Gasteiger partial charge in [0, 0.05) is 19.8 Å².